The van der Waals surface area contributed by atoms with Crippen LogP contribution in [0.4, 0.5) is 0 Å². The Kier molecular flexibility index (Phi) is 88.6. The van der Waals surface area contributed by atoms with Gasteiger partial charge in [-0.05, 0) is 64.2 Å². The maximum atomic E-state index is 13.2. The maximum Gasteiger partial charge on any atom is 1.00 e. The molecule has 4 amide bonds. The van der Waals surface area contributed by atoms with Gasteiger partial charge in [0.1, 0.15) is 23.8 Å². The molecule has 0 radical (unpaired) electrons. The van der Waals surface area contributed by atoms with Crippen molar-refractivity contribution in [3.63, 3.8) is 0 Å². The Hall–Kier alpha value is -1.70. The molecule has 0 aliphatic carbocycles. The van der Waals surface area contributed by atoms with Crippen molar-refractivity contribution in [3.05, 3.63) is 0 Å². The van der Waals surface area contributed by atoms with Crippen LogP contribution >= 0.6 is 15.6 Å². The summed E-state index contributed by atoms with van der Waals surface area (Å²) in [5, 5.41) is 10.6. The molecule has 0 heterocycles. The standard InChI is InChI=1S/C88H168N4O20P2.2Na/c1-7-13-19-25-29-33-37-43-47-55-79(93)71-85(97)91-77(73-105-67-63-81(57-49-41-23-17-11-5)111-87(99)61-51-45-39-35-31-27-21-15-9-3)75-109-113(101,102)107-69-65-89-83(95)59-53-54-60-84(96)90-66-70-108-114(103,104)110-76-78(92-86(98)72-80(94)56-48-44-38-34-30-26-20-14-8-2)74-106-68-64-82(58-50-42-24-18-12-6)112-88(100)62-52-46-40-36-32-28-22-16-10-4;;/h77-78,81-82H,7-76H2,1-6H3,(H,89,95)(H,90,96)(H,91,97)(H,92,98)(H,101,102)(H,103,104);;/q;2*+1/p-2. The van der Waals surface area contributed by atoms with Crippen LogP contribution in [-0.2, 0) is 84.5 Å². The molecule has 6 atom stereocenters. The minimum absolute atomic E-state index is 0. The van der Waals surface area contributed by atoms with E-state index in [0.717, 1.165) is 141 Å². The molecule has 0 saturated carbocycles. The average molecular weight is 1710 g/mol. The summed E-state index contributed by atoms with van der Waals surface area (Å²) >= 11 is 0. The average Bonchev–Trinajstić information content (AvgIpc) is 0.912. The molecule has 116 heavy (non-hydrogen) atoms. The van der Waals surface area contributed by atoms with Gasteiger partial charge in [0.25, 0.3) is 15.6 Å². The molecule has 6 unspecified atom stereocenters. The van der Waals surface area contributed by atoms with Gasteiger partial charge in [-0.15, -0.1) is 0 Å². The quantitative estimate of drug-likeness (QED) is 0.0144. The van der Waals surface area contributed by atoms with Crippen LogP contribution < -0.4 is 90.2 Å². The van der Waals surface area contributed by atoms with E-state index in [1.54, 1.807) is 0 Å². The van der Waals surface area contributed by atoms with Gasteiger partial charge in [0.15, 0.2) is 0 Å². The van der Waals surface area contributed by atoms with Gasteiger partial charge in [-0.25, -0.2) is 0 Å². The number of rotatable bonds is 89. The van der Waals surface area contributed by atoms with E-state index in [1.807, 2.05) is 0 Å². The number of carbonyl (C=O) groups is 8. The zero-order chi connectivity index (χ0) is 83.9. The number of ketones is 2. The number of unbranched alkanes of at least 4 members (excludes halogenated alkanes) is 41. The molecule has 4 N–H and O–H groups in total. The van der Waals surface area contributed by atoms with E-state index in [0.29, 0.717) is 51.4 Å². The first-order valence-electron chi connectivity index (χ1n) is 46.1. The van der Waals surface area contributed by atoms with Gasteiger partial charge in [0.05, 0.1) is 77.8 Å². The van der Waals surface area contributed by atoms with Gasteiger partial charge >= 0.3 is 71.1 Å². The number of carbonyl (C=O) groups excluding carboxylic acids is 8. The first kappa shape index (κ1) is 118. The molecule has 28 heteroatoms. The summed E-state index contributed by atoms with van der Waals surface area (Å²) in [4.78, 5) is 130. The van der Waals surface area contributed by atoms with Crippen molar-refractivity contribution in [2.45, 2.75) is 451 Å². The van der Waals surface area contributed by atoms with E-state index in [2.05, 4.69) is 62.8 Å². The predicted octanol–water partition coefficient (Wildman–Crippen LogP) is 13.7. The largest absolute Gasteiger partial charge is 1.00 e. The number of phosphoric acid groups is 2. The molecule has 670 valence electrons. The van der Waals surface area contributed by atoms with Crippen LogP contribution in [0.1, 0.15) is 427 Å². The molecular weight excluding hydrogens is 1540 g/mol. The molecule has 0 bridgehead atoms. The van der Waals surface area contributed by atoms with Crippen LogP contribution in [0.2, 0.25) is 0 Å². The van der Waals surface area contributed by atoms with Crippen molar-refractivity contribution in [1.29, 1.82) is 0 Å². The monoisotopic (exact) mass is 1710 g/mol. The van der Waals surface area contributed by atoms with Crippen LogP contribution in [0.25, 0.3) is 0 Å². The Morgan fingerprint density at radius 3 is 0.819 bits per heavy atom. The zero-order valence-corrected chi connectivity index (χ0v) is 80.7. The third kappa shape index (κ3) is 83.2. The summed E-state index contributed by atoms with van der Waals surface area (Å²) in [6.07, 6.45) is 52.8. The number of phosphoric ester groups is 2. The normalized spacial score (nSPS) is 13.4. The number of Topliss-reactive ketones (excluding diaryl/α,β-unsaturated/α-hetero) is 2. The van der Waals surface area contributed by atoms with E-state index < -0.39 is 77.8 Å². The molecular formula is C88H166N4Na2O20P2. The molecule has 0 rings (SSSR count). The van der Waals surface area contributed by atoms with Gasteiger partial charge in [0, 0.05) is 64.5 Å². The van der Waals surface area contributed by atoms with Crippen molar-refractivity contribution >= 4 is 62.8 Å². The third-order valence-electron chi connectivity index (χ3n) is 20.5. The van der Waals surface area contributed by atoms with Crippen molar-refractivity contribution in [2.24, 2.45) is 0 Å². The van der Waals surface area contributed by atoms with Crippen LogP contribution in [0, 0.1) is 0 Å². The fourth-order valence-electron chi connectivity index (χ4n) is 13.5. The second kappa shape index (κ2) is 86.8. The fourth-order valence-corrected chi connectivity index (χ4v) is 15.0. The van der Waals surface area contributed by atoms with Crippen LogP contribution in [0.3, 0.4) is 0 Å². The Labute approximate surface area is 748 Å². The van der Waals surface area contributed by atoms with E-state index >= 15 is 0 Å². The van der Waals surface area contributed by atoms with E-state index in [1.165, 1.54) is 141 Å². The number of nitrogens with one attached hydrogen (secondary N) is 4. The molecule has 0 aromatic carbocycles. The SMILES string of the molecule is CCCCCCCCCCCC(=O)CC(=O)NC(COCCC(CCCCCCC)OC(=O)CCCCCCCCCCC)COP(=O)([O-])OCCNC(=O)CCCCC(=O)NCCOP(=O)([O-])OCC(COCCC(CCCCCCC)OC(=O)CCCCCCCCCCC)NC(=O)CC(=O)CCCCCCCCCCC.[Na+].[Na+]. The summed E-state index contributed by atoms with van der Waals surface area (Å²) in [7, 11) is -9.99. The smallest absolute Gasteiger partial charge is 0.756 e. The Morgan fingerprint density at radius 2 is 0.534 bits per heavy atom. The number of hydrogen-bond acceptors (Lipinski definition) is 20. The summed E-state index contributed by atoms with van der Waals surface area (Å²) in [6, 6.07) is -1.99. The van der Waals surface area contributed by atoms with Gasteiger partial charge in [-0.1, -0.05) is 298 Å². The third-order valence-corrected chi connectivity index (χ3v) is 22.4. The van der Waals surface area contributed by atoms with Crippen molar-refractivity contribution in [3.8, 4) is 0 Å². The van der Waals surface area contributed by atoms with E-state index in [-0.39, 0.29) is 186 Å². The Balaban J connectivity index is -0.0000638. The van der Waals surface area contributed by atoms with Gasteiger partial charge in [-0.2, -0.15) is 0 Å². The number of esters is 2. The van der Waals surface area contributed by atoms with Gasteiger partial charge < -0.3 is 68.1 Å². The van der Waals surface area contributed by atoms with Gasteiger partial charge in [0.2, 0.25) is 23.6 Å². The first-order valence-corrected chi connectivity index (χ1v) is 49.0. The van der Waals surface area contributed by atoms with Crippen molar-refractivity contribution in [2.75, 3.05) is 65.9 Å². The molecule has 0 aliphatic heterocycles. The minimum Gasteiger partial charge on any atom is -0.756 e. The maximum absolute atomic E-state index is 13.2. The molecule has 0 spiro atoms. The van der Waals surface area contributed by atoms with E-state index in [9.17, 15) is 57.3 Å². The summed E-state index contributed by atoms with van der Waals surface area (Å²) < 4.78 is 70.5. The molecule has 0 saturated heterocycles. The molecule has 0 aliphatic rings. The van der Waals surface area contributed by atoms with Gasteiger partial charge in [-0.3, -0.25) is 47.5 Å². The summed E-state index contributed by atoms with van der Waals surface area (Å²) in [5.74, 6) is -2.98. The predicted molar refractivity (Wildman–Crippen MR) is 451 cm³/mol. The first-order chi connectivity index (χ1) is 55.2. The molecule has 0 fully saturated rings. The topological polar surface area (TPSA) is 339 Å². The molecule has 24 nitrogen and oxygen atoms in total. The van der Waals surface area contributed by atoms with Crippen molar-refractivity contribution < 1.29 is 153 Å². The second-order valence-corrected chi connectivity index (χ2v) is 34.5. The van der Waals surface area contributed by atoms with Crippen LogP contribution in [0.5, 0.6) is 0 Å². The summed E-state index contributed by atoms with van der Waals surface area (Å²) in [5.41, 5.74) is 0. The van der Waals surface area contributed by atoms with E-state index in [4.69, 9.17) is 37.0 Å². The zero-order valence-electron chi connectivity index (χ0n) is 74.9. The second-order valence-electron chi connectivity index (χ2n) is 31.7. The number of hydrogen-bond donors (Lipinski definition) is 4. The van der Waals surface area contributed by atoms with Crippen molar-refractivity contribution in [1.82, 2.24) is 21.3 Å². The summed E-state index contributed by atoms with van der Waals surface area (Å²) in [6.45, 7) is 10.6. The van der Waals surface area contributed by atoms with Crippen LogP contribution in [-0.4, -0.2) is 137 Å². The Morgan fingerprint density at radius 1 is 0.284 bits per heavy atom. The molecule has 0 aromatic heterocycles. The number of ether oxygens (including phenoxy) is 4. The van der Waals surface area contributed by atoms with Crippen LogP contribution in [0.15, 0.2) is 0 Å². The fraction of sp³-hybridized carbons (Fsp3) is 0.909. The number of amides is 4. The molecule has 0 aromatic rings. The minimum atomic E-state index is -4.99. The Bertz CT molecular complexity index is 2300.